The van der Waals surface area contributed by atoms with Gasteiger partial charge in [0.15, 0.2) is 9.84 Å². The average molecular weight is 574 g/mol. The van der Waals surface area contributed by atoms with E-state index in [-0.39, 0.29) is 34.9 Å². The largest absolute Gasteiger partial charge is 0.416 e. The van der Waals surface area contributed by atoms with Crippen LogP contribution < -0.4 is 15.5 Å². The number of hydrogen-bond donors (Lipinski definition) is 2. The molecule has 2 atom stereocenters. The van der Waals surface area contributed by atoms with Crippen molar-refractivity contribution >= 4 is 27.3 Å². The van der Waals surface area contributed by atoms with Gasteiger partial charge in [0, 0.05) is 37.3 Å². The van der Waals surface area contributed by atoms with Crippen molar-refractivity contribution in [2.24, 2.45) is 0 Å². The van der Waals surface area contributed by atoms with Gasteiger partial charge in [-0.3, -0.25) is 9.59 Å². The van der Waals surface area contributed by atoms with E-state index < -0.39 is 27.6 Å². The van der Waals surface area contributed by atoms with Gasteiger partial charge in [-0.1, -0.05) is 31.2 Å². The molecule has 3 aromatic rings. The molecule has 1 aliphatic rings. The minimum absolute atomic E-state index is 0.0100. The van der Waals surface area contributed by atoms with Crippen molar-refractivity contribution in [1.82, 2.24) is 10.6 Å². The van der Waals surface area contributed by atoms with Gasteiger partial charge in [0.25, 0.3) is 5.91 Å². The molecule has 2 N–H and O–H groups in total. The van der Waals surface area contributed by atoms with Gasteiger partial charge in [0.1, 0.15) is 6.04 Å². The van der Waals surface area contributed by atoms with Crippen LogP contribution in [0.1, 0.15) is 46.3 Å². The molecule has 0 spiro atoms. The summed E-state index contributed by atoms with van der Waals surface area (Å²) in [6.45, 7) is 2.22. The first kappa shape index (κ1) is 29.1. The van der Waals surface area contributed by atoms with Crippen molar-refractivity contribution in [2.75, 3.05) is 24.2 Å². The topological polar surface area (TPSA) is 95.6 Å². The Bertz CT molecular complexity index is 1460. The first-order chi connectivity index (χ1) is 18.9. The molecular weight excluding hydrogens is 543 g/mol. The quantitative estimate of drug-likeness (QED) is 0.413. The molecule has 0 aliphatic carbocycles. The second-order valence-electron chi connectivity index (χ2n) is 9.61. The number of nitrogens with one attached hydrogen (secondary N) is 2. The molecule has 2 amide bonds. The first-order valence-corrected chi connectivity index (χ1v) is 14.4. The summed E-state index contributed by atoms with van der Waals surface area (Å²) in [7, 11) is -1.76. The van der Waals surface area contributed by atoms with Gasteiger partial charge in [-0.05, 0) is 66.1 Å². The second kappa shape index (κ2) is 11.7. The number of rotatable bonds is 8. The molecule has 212 valence electrons. The number of benzene rings is 3. The zero-order valence-electron chi connectivity index (χ0n) is 22.0. The number of nitrogens with zero attached hydrogens (tertiary/aromatic N) is 1. The average Bonchev–Trinajstić information content (AvgIpc) is 3.41. The molecule has 0 radical (unpaired) electrons. The maximum Gasteiger partial charge on any atom is 0.416 e. The fourth-order valence-corrected chi connectivity index (χ4v) is 5.68. The van der Waals surface area contributed by atoms with Gasteiger partial charge >= 0.3 is 6.18 Å². The molecule has 0 aromatic heterocycles. The molecule has 0 saturated carbocycles. The fourth-order valence-electron chi connectivity index (χ4n) is 4.79. The van der Waals surface area contributed by atoms with E-state index in [9.17, 15) is 31.2 Å². The van der Waals surface area contributed by atoms with Crippen LogP contribution in [0.3, 0.4) is 0 Å². The highest BCUT2D eigenvalue weighted by molar-refractivity contribution is 7.91. The molecule has 0 bridgehead atoms. The Morgan fingerprint density at radius 2 is 1.57 bits per heavy atom. The number of amides is 2. The van der Waals surface area contributed by atoms with E-state index in [2.05, 4.69) is 10.6 Å². The second-order valence-corrected chi connectivity index (χ2v) is 11.9. The Morgan fingerprint density at radius 3 is 2.12 bits per heavy atom. The molecule has 1 heterocycles. The molecule has 1 unspecified atom stereocenters. The van der Waals surface area contributed by atoms with Crippen LogP contribution in [0.4, 0.5) is 18.9 Å². The number of carbonyl (C=O) groups is 2. The molecule has 7 nitrogen and oxygen atoms in total. The van der Waals surface area contributed by atoms with Crippen LogP contribution in [0.2, 0.25) is 0 Å². The van der Waals surface area contributed by atoms with Crippen molar-refractivity contribution in [2.45, 2.75) is 42.9 Å². The lowest BCUT2D eigenvalue weighted by Gasteiger charge is -2.25. The van der Waals surface area contributed by atoms with Crippen molar-refractivity contribution in [1.29, 1.82) is 0 Å². The lowest BCUT2D eigenvalue weighted by atomic mass is 9.95. The maximum atomic E-state index is 13.0. The van der Waals surface area contributed by atoms with Gasteiger partial charge in [-0.25, -0.2) is 8.42 Å². The van der Waals surface area contributed by atoms with Crippen LogP contribution in [-0.4, -0.2) is 45.6 Å². The third-order valence-electron chi connectivity index (χ3n) is 7.14. The summed E-state index contributed by atoms with van der Waals surface area (Å²) >= 11 is 0. The number of likely N-dealkylation sites (N-methyl/N-ethyl adjacent to an activating group) is 1. The first-order valence-electron chi connectivity index (χ1n) is 12.8. The Hall–Kier alpha value is -3.86. The van der Waals surface area contributed by atoms with Crippen LogP contribution in [0.5, 0.6) is 0 Å². The smallest absolute Gasteiger partial charge is 0.359 e. The Kier molecular flexibility index (Phi) is 8.53. The molecule has 4 rings (SSSR count). The zero-order chi connectivity index (χ0) is 29.1. The highest BCUT2D eigenvalue weighted by Crippen LogP contribution is 2.37. The van der Waals surface area contributed by atoms with Crippen molar-refractivity contribution in [3.05, 3.63) is 95.1 Å². The standard InChI is InChI=1S/C29H30F3N3O4S/c1-3-40(38,39)25-14-4-19(5-15-25)17-34-27(36)21-8-12-24(13-9-21)35-18-22(16-26(35)28(37)33-2)20-6-10-23(11-7-20)29(30,31)32/h4-15,22,26H,3,16-18H2,1-2H3,(H,33,37)(H,34,36)/t22?,26-/m0/s1. The summed E-state index contributed by atoms with van der Waals surface area (Å²) in [4.78, 5) is 27.5. The number of sulfone groups is 1. The third kappa shape index (κ3) is 6.47. The highest BCUT2D eigenvalue weighted by atomic mass is 32.2. The predicted octanol–water partition coefficient (Wildman–Crippen LogP) is 4.54. The third-order valence-corrected chi connectivity index (χ3v) is 8.89. The maximum absolute atomic E-state index is 13.0. The van der Waals surface area contributed by atoms with E-state index in [1.165, 1.54) is 31.3 Å². The van der Waals surface area contributed by atoms with Gasteiger partial charge in [-0.2, -0.15) is 13.2 Å². The van der Waals surface area contributed by atoms with Crippen LogP contribution in [0, 0.1) is 0 Å². The molecule has 11 heteroatoms. The normalized spacial score (nSPS) is 17.5. The number of anilines is 1. The molecule has 3 aromatic carbocycles. The molecule has 40 heavy (non-hydrogen) atoms. The van der Waals surface area contributed by atoms with E-state index in [0.29, 0.717) is 24.2 Å². The minimum Gasteiger partial charge on any atom is -0.359 e. The summed E-state index contributed by atoms with van der Waals surface area (Å²) in [6, 6.07) is 17.6. The van der Waals surface area contributed by atoms with Gasteiger partial charge in [0.2, 0.25) is 5.91 Å². The number of hydrogen-bond acceptors (Lipinski definition) is 5. The van der Waals surface area contributed by atoms with E-state index in [1.54, 1.807) is 43.3 Å². The number of halogens is 3. The van der Waals surface area contributed by atoms with E-state index >= 15 is 0 Å². The summed E-state index contributed by atoms with van der Waals surface area (Å²) in [5.41, 5.74) is 1.88. The van der Waals surface area contributed by atoms with E-state index in [4.69, 9.17) is 0 Å². The summed E-state index contributed by atoms with van der Waals surface area (Å²) < 4.78 is 62.8. The molecule has 1 fully saturated rings. The monoisotopic (exact) mass is 573 g/mol. The van der Waals surface area contributed by atoms with Crippen LogP contribution in [0.25, 0.3) is 0 Å². The van der Waals surface area contributed by atoms with Crippen LogP contribution in [0.15, 0.2) is 77.7 Å². The molecule has 1 saturated heterocycles. The predicted molar refractivity (Wildman–Crippen MR) is 146 cm³/mol. The Morgan fingerprint density at radius 1 is 0.950 bits per heavy atom. The van der Waals surface area contributed by atoms with Crippen molar-refractivity contribution in [3.63, 3.8) is 0 Å². The lowest BCUT2D eigenvalue weighted by Crippen LogP contribution is -2.42. The van der Waals surface area contributed by atoms with Gasteiger partial charge in [-0.15, -0.1) is 0 Å². The van der Waals surface area contributed by atoms with Crippen LogP contribution >= 0.6 is 0 Å². The van der Waals surface area contributed by atoms with Crippen LogP contribution in [-0.2, 0) is 27.4 Å². The summed E-state index contributed by atoms with van der Waals surface area (Å²) in [5.74, 6) is -0.653. The van der Waals surface area contributed by atoms with E-state index in [1.807, 2.05) is 4.90 Å². The van der Waals surface area contributed by atoms with Gasteiger partial charge < -0.3 is 15.5 Å². The zero-order valence-corrected chi connectivity index (χ0v) is 22.9. The Balaban J connectivity index is 1.43. The summed E-state index contributed by atoms with van der Waals surface area (Å²) in [6.07, 6.45) is -3.98. The van der Waals surface area contributed by atoms with Crippen molar-refractivity contribution < 1.29 is 31.2 Å². The van der Waals surface area contributed by atoms with Crippen molar-refractivity contribution in [3.8, 4) is 0 Å². The minimum atomic E-state index is -4.42. The lowest BCUT2D eigenvalue weighted by molar-refractivity contribution is -0.137. The fraction of sp³-hybridized carbons (Fsp3) is 0.310. The SMILES string of the molecule is CCS(=O)(=O)c1ccc(CNC(=O)c2ccc(N3CC(c4ccc(C(F)(F)F)cc4)C[C@H]3C(=O)NC)cc2)cc1. The molecule has 1 aliphatic heterocycles. The Labute approximate surface area is 231 Å². The van der Waals surface area contributed by atoms with E-state index in [0.717, 1.165) is 23.3 Å². The summed E-state index contributed by atoms with van der Waals surface area (Å²) in [5, 5.41) is 5.47. The number of carbonyl (C=O) groups excluding carboxylic acids is 2. The molecular formula is C29H30F3N3O4S. The highest BCUT2D eigenvalue weighted by Gasteiger charge is 2.38. The van der Waals surface area contributed by atoms with Gasteiger partial charge in [0.05, 0.1) is 16.2 Å². The number of alkyl halides is 3.